The predicted molar refractivity (Wildman–Crippen MR) is 121 cm³/mol. The number of carbonyl (C=O) groups is 1. The van der Waals surface area contributed by atoms with Crippen molar-refractivity contribution >= 4 is 46.1 Å². The normalized spacial score (nSPS) is 12.1. The van der Waals surface area contributed by atoms with E-state index >= 15 is 0 Å². The molecule has 0 aliphatic carbocycles. The van der Waals surface area contributed by atoms with Crippen LogP contribution in [-0.2, 0) is 13.0 Å². The van der Waals surface area contributed by atoms with Crippen molar-refractivity contribution in [3.05, 3.63) is 57.0 Å². The second kappa shape index (κ2) is 9.02. The zero-order chi connectivity index (χ0) is 21.8. The van der Waals surface area contributed by atoms with Gasteiger partial charge in [0, 0.05) is 31.5 Å². The number of pyridine rings is 1. The number of fused-ring (bicyclic) bond motifs is 2. The molecule has 3 aromatic rings. The van der Waals surface area contributed by atoms with E-state index in [1.54, 1.807) is 16.8 Å². The van der Waals surface area contributed by atoms with Crippen molar-refractivity contribution in [3.63, 3.8) is 0 Å². The zero-order valence-corrected chi connectivity index (χ0v) is 17.3. The van der Waals surface area contributed by atoms with Crippen molar-refractivity contribution in [2.45, 2.75) is 19.9 Å². The molecule has 0 atom stereocenters. The average molecular weight is 430 g/mol. The van der Waals surface area contributed by atoms with Gasteiger partial charge in [0.2, 0.25) is 0 Å². The number of hydrogen-bond donors (Lipinski definition) is 4. The number of rotatable bonds is 4. The molecule has 0 radical (unpaired) electrons. The highest BCUT2D eigenvalue weighted by molar-refractivity contribution is 6.35. The summed E-state index contributed by atoms with van der Waals surface area (Å²) in [4.78, 5) is 23.3. The molecule has 4 rings (SSSR count). The molecule has 10 heteroatoms. The minimum Gasteiger partial charge on any atom is -0.381 e. The van der Waals surface area contributed by atoms with Gasteiger partial charge in [-0.15, -0.1) is 5.10 Å². The number of nitrogen functional groups attached to an aromatic ring is 1. The third-order valence-electron chi connectivity index (χ3n) is 4.71. The van der Waals surface area contributed by atoms with Gasteiger partial charge in [-0.1, -0.05) is 30.7 Å². The van der Waals surface area contributed by atoms with Gasteiger partial charge in [-0.25, -0.2) is 4.68 Å². The van der Waals surface area contributed by atoms with Crippen LogP contribution in [0.4, 0.5) is 11.6 Å². The Morgan fingerprint density at radius 2 is 2.13 bits per heavy atom. The van der Waals surface area contributed by atoms with E-state index in [0.717, 1.165) is 17.5 Å². The molecular formula is C20H24ClN7O2. The Kier molecular flexibility index (Phi) is 6.43. The van der Waals surface area contributed by atoms with E-state index in [9.17, 15) is 9.59 Å². The number of carbonyl (C=O) groups excluding carboxylic acids is 1. The number of anilines is 2. The standard InChI is InChI=1S/C13H15ClN2O.C7H9N5O/c1-2-10-8-9-4-3-5-11(14)12(9)13(17)16(10)7-6-15;8-5-4(6(9)13)7-10-2-1-3-12(7)11-5/h3-5,8H,2,6-7,15H2,1H3;1,3,10H,2H2,(H2,8,11)(H2,9,13). The van der Waals surface area contributed by atoms with Crippen molar-refractivity contribution in [1.82, 2.24) is 14.3 Å². The molecule has 0 fully saturated rings. The summed E-state index contributed by atoms with van der Waals surface area (Å²) in [6.07, 6.45) is 4.40. The maximum absolute atomic E-state index is 12.3. The number of nitrogens with two attached hydrogens (primary N) is 3. The number of aryl methyl sites for hydroxylation is 1. The summed E-state index contributed by atoms with van der Waals surface area (Å²) < 4.78 is 3.22. The van der Waals surface area contributed by atoms with Crippen molar-refractivity contribution < 1.29 is 4.79 Å². The van der Waals surface area contributed by atoms with E-state index in [0.29, 0.717) is 35.9 Å². The van der Waals surface area contributed by atoms with E-state index in [4.69, 9.17) is 28.8 Å². The van der Waals surface area contributed by atoms with Crippen molar-refractivity contribution in [2.24, 2.45) is 11.5 Å². The van der Waals surface area contributed by atoms with Gasteiger partial charge in [0.1, 0.15) is 11.4 Å². The first-order valence-electron chi connectivity index (χ1n) is 9.48. The number of hydrogen-bond acceptors (Lipinski definition) is 6. The molecule has 158 valence electrons. The van der Waals surface area contributed by atoms with Crippen LogP contribution in [-0.4, -0.2) is 33.3 Å². The minimum atomic E-state index is -0.568. The van der Waals surface area contributed by atoms with Crippen LogP contribution in [0, 0.1) is 0 Å². The maximum atomic E-state index is 12.3. The smallest absolute Gasteiger partial charge is 0.260 e. The van der Waals surface area contributed by atoms with Crippen LogP contribution in [0.25, 0.3) is 17.0 Å². The van der Waals surface area contributed by atoms with Crippen LogP contribution >= 0.6 is 11.6 Å². The summed E-state index contributed by atoms with van der Waals surface area (Å²) in [5, 5.41) is 8.86. The van der Waals surface area contributed by atoms with Gasteiger partial charge in [0.25, 0.3) is 11.5 Å². The third kappa shape index (κ3) is 4.03. The second-order valence-corrected chi connectivity index (χ2v) is 7.03. The Bertz CT molecular complexity index is 1180. The summed E-state index contributed by atoms with van der Waals surface area (Å²) in [6, 6.07) is 7.52. The molecule has 0 saturated carbocycles. The number of benzene rings is 1. The van der Waals surface area contributed by atoms with Gasteiger partial charge in [-0.2, -0.15) is 0 Å². The first-order valence-corrected chi connectivity index (χ1v) is 9.86. The molecule has 9 nitrogen and oxygen atoms in total. The fourth-order valence-electron chi connectivity index (χ4n) is 3.36. The number of nitrogens with one attached hydrogen (secondary N) is 1. The van der Waals surface area contributed by atoms with Crippen molar-refractivity contribution in [2.75, 3.05) is 24.1 Å². The van der Waals surface area contributed by atoms with Gasteiger partial charge < -0.3 is 27.1 Å². The molecule has 1 aromatic carbocycles. The molecule has 2 aromatic heterocycles. The molecular weight excluding hydrogens is 406 g/mol. The van der Waals surface area contributed by atoms with Gasteiger partial charge >= 0.3 is 0 Å². The first-order chi connectivity index (χ1) is 14.4. The maximum Gasteiger partial charge on any atom is 0.260 e. The summed E-state index contributed by atoms with van der Waals surface area (Å²) in [6.45, 7) is 3.65. The number of nitrogens with zero attached hydrogens (tertiary/aromatic N) is 3. The van der Waals surface area contributed by atoms with E-state index in [1.165, 1.54) is 4.68 Å². The number of amides is 1. The Morgan fingerprint density at radius 3 is 2.80 bits per heavy atom. The molecule has 0 unspecified atom stereocenters. The molecule has 1 amide bonds. The third-order valence-corrected chi connectivity index (χ3v) is 5.02. The topological polar surface area (TPSA) is 147 Å². The molecule has 0 spiro atoms. The van der Waals surface area contributed by atoms with Gasteiger partial charge in [-0.3, -0.25) is 9.59 Å². The monoisotopic (exact) mass is 429 g/mol. The second-order valence-electron chi connectivity index (χ2n) is 6.62. The molecule has 7 N–H and O–H groups in total. The van der Waals surface area contributed by atoms with E-state index in [-0.39, 0.29) is 16.9 Å². The summed E-state index contributed by atoms with van der Waals surface area (Å²) >= 11 is 6.09. The van der Waals surface area contributed by atoms with Crippen LogP contribution in [0.5, 0.6) is 0 Å². The van der Waals surface area contributed by atoms with Crippen LogP contribution in [0.2, 0.25) is 5.02 Å². The van der Waals surface area contributed by atoms with Crippen LogP contribution in [0.1, 0.15) is 23.0 Å². The van der Waals surface area contributed by atoms with Crippen molar-refractivity contribution in [3.8, 4) is 0 Å². The zero-order valence-electron chi connectivity index (χ0n) is 16.6. The Morgan fingerprint density at radius 1 is 1.37 bits per heavy atom. The first kappa shape index (κ1) is 21.4. The molecule has 1 aliphatic heterocycles. The Hall–Kier alpha value is -3.30. The average Bonchev–Trinajstić information content (AvgIpc) is 3.06. The minimum absolute atomic E-state index is 0.0459. The highest BCUT2D eigenvalue weighted by Crippen LogP contribution is 2.23. The SMILES string of the molecule is CCc1cc2cccc(Cl)c2c(=O)n1CCN.NC(=O)c1c(N)nn2c1NCC=C2. The molecule has 0 saturated heterocycles. The quantitative estimate of drug-likeness (QED) is 0.495. The molecule has 3 heterocycles. The number of aromatic nitrogens is 3. The fourth-order valence-corrected chi connectivity index (χ4v) is 3.62. The Balaban J connectivity index is 0.000000177. The largest absolute Gasteiger partial charge is 0.381 e. The van der Waals surface area contributed by atoms with E-state index in [2.05, 4.69) is 10.4 Å². The van der Waals surface area contributed by atoms with Gasteiger partial charge in [-0.05, 0) is 30.0 Å². The van der Waals surface area contributed by atoms with Gasteiger partial charge in [0.05, 0.1) is 10.4 Å². The lowest BCUT2D eigenvalue weighted by atomic mass is 10.1. The summed E-state index contributed by atoms with van der Waals surface area (Å²) in [5.41, 5.74) is 17.4. The predicted octanol–water partition coefficient (Wildman–Crippen LogP) is 1.64. The van der Waals surface area contributed by atoms with E-state index < -0.39 is 5.91 Å². The van der Waals surface area contributed by atoms with Crippen LogP contribution in [0.15, 0.2) is 35.1 Å². The lowest BCUT2D eigenvalue weighted by molar-refractivity contribution is 0.100. The molecule has 0 bridgehead atoms. The molecule has 30 heavy (non-hydrogen) atoms. The summed E-state index contributed by atoms with van der Waals surface area (Å²) in [7, 11) is 0. The number of primary amides is 1. The van der Waals surface area contributed by atoms with Crippen molar-refractivity contribution in [1.29, 1.82) is 0 Å². The van der Waals surface area contributed by atoms with E-state index in [1.807, 2.05) is 31.2 Å². The highest BCUT2D eigenvalue weighted by atomic mass is 35.5. The van der Waals surface area contributed by atoms with Gasteiger partial charge in [0.15, 0.2) is 5.82 Å². The van der Waals surface area contributed by atoms with Crippen LogP contribution in [0.3, 0.4) is 0 Å². The Labute approximate surface area is 178 Å². The van der Waals surface area contributed by atoms with Crippen LogP contribution < -0.4 is 28.1 Å². The lowest BCUT2D eigenvalue weighted by Gasteiger charge is -2.12. The molecule has 1 aliphatic rings. The fraction of sp³-hybridized carbons (Fsp3) is 0.250. The number of halogens is 1. The lowest BCUT2D eigenvalue weighted by Crippen LogP contribution is -2.27. The summed E-state index contributed by atoms with van der Waals surface area (Å²) in [5.74, 6) is 0.149. The highest BCUT2D eigenvalue weighted by Gasteiger charge is 2.20.